The molecule has 102 valence electrons. The van der Waals surface area contributed by atoms with Crippen molar-refractivity contribution in [3.63, 3.8) is 0 Å². The summed E-state index contributed by atoms with van der Waals surface area (Å²) in [6, 6.07) is 11.5. The minimum absolute atomic E-state index is 0.287. The summed E-state index contributed by atoms with van der Waals surface area (Å²) in [4.78, 5) is 4.54. The van der Waals surface area contributed by atoms with Crippen LogP contribution in [0.5, 0.6) is 0 Å². The molecule has 0 atom stereocenters. The highest BCUT2D eigenvalue weighted by Gasteiger charge is 2.16. The topological polar surface area (TPSA) is 17.8 Å². The van der Waals surface area contributed by atoms with Gasteiger partial charge in [0.15, 0.2) is 0 Å². The van der Waals surface area contributed by atoms with Crippen molar-refractivity contribution < 1.29 is 0 Å². The highest BCUT2D eigenvalue weighted by molar-refractivity contribution is 6.37. The van der Waals surface area contributed by atoms with Crippen molar-refractivity contribution >= 4 is 45.8 Å². The van der Waals surface area contributed by atoms with Crippen molar-refractivity contribution in [2.24, 2.45) is 0 Å². The van der Waals surface area contributed by atoms with Gasteiger partial charge >= 0.3 is 0 Å². The molecule has 20 heavy (non-hydrogen) atoms. The van der Waals surface area contributed by atoms with Crippen molar-refractivity contribution in [3.8, 4) is 5.69 Å². The van der Waals surface area contributed by atoms with Gasteiger partial charge in [-0.3, -0.25) is 4.57 Å². The summed E-state index contributed by atoms with van der Waals surface area (Å²) in [6.45, 7) is 2.03. The zero-order valence-corrected chi connectivity index (χ0v) is 13.0. The lowest BCUT2D eigenvalue weighted by Crippen LogP contribution is -2.01. The molecule has 0 radical (unpaired) electrons. The predicted octanol–water partition coefficient (Wildman–Crippen LogP) is 5.38. The maximum atomic E-state index is 6.31. The zero-order valence-electron chi connectivity index (χ0n) is 10.7. The number of alkyl halides is 1. The molecule has 0 spiro atoms. The van der Waals surface area contributed by atoms with E-state index in [1.165, 1.54) is 0 Å². The van der Waals surface area contributed by atoms with Crippen molar-refractivity contribution in [1.29, 1.82) is 0 Å². The maximum Gasteiger partial charge on any atom is 0.129 e. The third-order valence-electron chi connectivity index (χ3n) is 3.16. The summed E-state index contributed by atoms with van der Waals surface area (Å²) in [6.07, 6.45) is 0. The number of benzene rings is 2. The number of aryl methyl sites for hydroxylation is 1. The molecule has 1 heterocycles. The second-order valence-electron chi connectivity index (χ2n) is 4.56. The van der Waals surface area contributed by atoms with Gasteiger partial charge in [0, 0.05) is 0 Å². The average molecular weight is 326 g/mol. The molecule has 0 bridgehead atoms. The molecule has 3 aromatic rings. The lowest BCUT2D eigenvalue weighted by atomic mass is 10.2. The van der Waals surface area contributed by atoms with Crippen molar-refractivity contribution in [3.05, 3.63) is 57.8 Å². The predicted molar refractivity (Wildman–Crippen MR) is 85.4 cm³/mol. The van der Waals surface area contributed by atoms with E-state index in [9.17, 15) is 0 Å². The molecular formula is C15H11Cl3N2. The fourth-order valence-electron chi connectivity index (χ4n) is 2.28. The van der Waals surface area contributed by atoms with Gasteiger partial charge in [-0.05, 0) is 36.8 Å². The van der Waals surface area contributed by atoms with E-state index >= 15 is 0 Å². The van der Waals surface area contributed by atoms with Crippen LogP contribution in [0.2, 0.25) is 10.0 Å². The van der Waals surface area contributed by atoms with E-state index in [0.717, 1.165) is 28.1 Å². The number of imidazole rings is 1. The van der Waals surface area contributed by atoms with Crippen LogP contribution >= 0.6 is 34.8 Å². The smallest absolute Gasteiger partial charge is 0.129 e. The number of fused-ring (bicyclic) bond motifs is 1. The molecule has 0 N–H and O–H groups in total. The van der Waals surface area contributed by atoms with Crippen molar-refractivity contribution in [2.75, 3.05) is 0 Å². The third-order valence-corrected chi connectivity index (χ3v) is 4.01. The number of hydrogen-bond acceptors (Lipinski definition) is 1. The van der Waals surface area contributed by atoms with Crippen LogP contribution in [0.25, 0.3) is 16.7 Å². The van der Waals surface area contributed by atoms with Crippen LogP contribution in [0.4, 0.5) is 0 Å². The van der Waals surface area contributed by atoms with Crippen LogP contribution in [-0.4, -0.2) is 9.55 Å². The molecule has 0 aliphatic rings. The summed E-state index contributed by atoms with van der Waals surface area (Å²) in [5.74, 6) is 1.01. The molecule has 2 aromatic carbocycles. The molecule has 2 nitrogen and oxygen atoms in total. The SMILES string of the molecule is Cc1ccc2nc(CCl)n(-c3c(Cl)cccc3Cl)c2c1. The van der Waals surface area contributed by atoms with Gasteiger partial charge in [0.2, 0.25) is 0 Å². The van der Waals surface area contributed by atoms with E-state index < -0.39 is 0 Å². The van der Waals surface area contributed by atoms with E-state index in [1.54, 1.807) is 0 Å². The third kappa shape index (κ3) is 2.18. The second-order valence-corrected chi connectivity index (χ2v) is 5.64. The van der Waals surface area contributed by atoms with Gasteiger partial charge in [0.1, 0.15) is 5.82 Å². The number of para-hydroxylation sites is 1. The Labute approximate surface area is 131 Å². The molecule has 0 aliphatic carbocycles. The van der Waals surface area contributed by atoms with Crippen molar-refractivity contribution in [1.82, 2.24) is 9.55 Å². The van der Waals surface area contributed by atoms with Crippen LogP contribution < -0.4 is 0 Å². The number of rotatable bonds is 2. The Morgan fingerprint density at radius 3 is 2.45 bits per heavy atom. The Bertz CT molecular complexity index is 773. The van der Waals surface area contributed by atoms with Gasteiger partial charge in [0.05, 0.1) is 32.6 Å². The summed E-state index contributed by atoms with van der Waals surface area (Å²) in [5, 5.41) is 1.15. The van der Waals surface area contributed by atoms with E-state index in [0.29, 0.717) is 10.0 Å². The molecule has 1 aromatic heterocycles. The maximum absolute atomic E-state index is 6.31. The van der Waals surface area contributed by atoms with Gasteiger partial charge in [-0.2, -0.15) is 0 Å². The summed E-state index contributed by atoms with van der Waals surface area (Å²) in [5.41, 5.74) is 3.69. The molecular weight excluding hydrogens is 315 g/mol. The summed E-state index contributed by atoms with van der Waals surface area (Å²) in [7, 11) is 0. The van der Waals surface area contributed by atoms with Crippen LogP contribution in [0.1, 0.15) is 11.4 Å². The molecule has 0 saturated heterocycles. The average Bonchev–Trinajstić information content (AvgIpc) is 2.77. The Morgan fingerprint density at radius 2 is 1.80 bits per heavy atom. The molecule has 0 saturated carbocycles. The standard InChI is InChI=1S/C15H11Cl3N2/c1-9-5-6-12-13(7-9)20(14(8-16)19-12)15-10(17)3-2-4-11(15)18/h2-7H,8H2,1H3. The fourth-order valence-corrected chi connectivity index (χ4v) is 3.02. The second kappa shape index (κ2) is 5.28. The fraction of sp³-hybridized carbons (Fsp3) is 0.133. The lowest BCUT2D eigenvalue weighted by molar-refractivity contribution is 0.982. The molecule has 0 amide bonds. The van der Waals surface area contributed by atoms with E-state index in [2.05, 4.69) is 11.1 Å². The minimum atomic E-state index is 0.287. The number of hydrogen-bond donors (Lipinski definition) is 0. The first-order valence-electron chi connectivity index (χ1n) is 6.10. The van der Waals surface area contributed by atoms with E-state index in [-0.39, 0.29) is 5.88 Å². The number of aromatic nitrogens is 2. The lowest BCUT2D eigenvalue weighted by Gasteiger charge is -2.12. The van der Waals surface area contributed by atoms with Crippen LogP contribution in [0.3, 0.4) is 0 Å². The van der Waals surface area contributed by atoms with E-state index in [1.807, 2.05) is 41.8 Å². The molecule has 0 fully saturated rings. The van der Waals surface area contributed by atoms with Gasteiger partial charge in [0.25, 0.3) is 0 Å². The molecule has 0 unspecified atom stereocenters. The highest BCUT2D eigenvalue weighted by Crippen LogP contribution is 2.33. The first-order valence-corrected chi connectivity index (χ1v) is 7.39. The largest absolute Gasteiger partial charge is 0.292 e. The first-order chi connectivity index (χ1) is 9.61. The normalized spacial score (nSPS) is 11.2. The molecule has 5 heteroatoms. The Morgan fingerprint density at radius 1 is 1.10 bits per heavy atom. The minimum Gasteiger partial charge on any atom is -0.292 e. The van der Waals surface area contributed by atoms with E-state index in [4.69, 9.17) is 34.8 Å². The Balaban J connectivity index is 2.42. The van der Waals surface area contributed by atoms with Crippen LogP contribution in [0.15, 0.2) is 36.4 Å². The summed E-state index contributed by atoms with van der Waals surface area (Å²) >= 11 is 18.7. The monoisotopic (exact) mass is 324 g/mol. The van der Waals surface area contributed by atoms with Gasteiger partial charge in [-0.1, -0.05) is 35.3 Å². The van der Waals surface area contributed by atoms with Crippen molar-refractivity contribution in [2.45, 2.75) is 12.8 Å². The zero-order chi connectivity index (χ0) is 14.3. The van der Waals surface area contributed by atoms with Gasteiger partial charge < -0.3 is 0 Å². The van der Waals surface area contributed by atoms with Crippen LogP contribution in [-0.2, 0) is 5.88 Å². The van der Waals surface area contributed by atoms with Crippen LogP contribution in [0, 0.1) is 6.92 Å². The quantitative estimate of drug-likeness (QED) is 0.578. The highest BCUT2D eigenvalue weighted by atomic mass is 35.5. The number of halogens is 3. The molecule has 0 aliphatic heterocycles. The van der Waals surface area contributed by atoms with Gasteiger partial charge in [-0.25, -0.2) is 4.98 Å². The first kappa shape index (κ1) is 13.7. The Hall–Kier alpha value is -1.22. The Kier molecular flexibility index (Phi) is 3.63. The molecule has 3 rings (SSSR count). The number of nitrogens with zero attached hydrogens (tertiary/aromatic N) is 2. The van der Waals surface area contributed by atoms with Gasteiger partial charge in [-0.15, -0.1) is 11.6 Å². The summed E-state index contributed by atoms with van der Waals surface area (Å²) < 4.78 is 1.93.